The standard InChI is InChI=1S/C25H40N2O6/c1-9-13-26(23(5,6)7)21(30)19-25-12-11-24(8,33-25)18(22(31)32-10-2)17(25)20(29)27(19)16(14-28)15(3)4/h9,15-19,28H,1,10-14H2,2-8H3/t16-,17-,18-,19?,24+,25?/m0/s1. The first kappa shape index (κ1) is 25.7. The molecule has 0 aliphatic carbocycles. The highest BCUT2D eigenvalue weighted by atomic mass is 16.6. The van der Waals surface area contributed by atoms with Gasteiger partial charge in [-0.05, 0) is 53.4 Å². The maximum atomic E-state index is 14.2. The number of ether oxygens (including phenoxy) is 2. The third-order valence-electron chi connectivity index (χ3n) is 7.69. The normalized spacial score (nSPS) is 33.9. The van der Waals surface area contributed by atoms with E-state index in [1.54, 1.807) is 17.9 Å². The average Bonchev–Trinajstić information content (AvgIpc) is 3.27. The first-order chi connectivity index (χ1) is 15.3. The van der Waals surface area contributed by atoms with Crippen LogP contribution in [0.5, 0.6) is 0 Å². The lowest BCUT2D eigenvalue weighted by Crippen LogP contribution is -2.62. The van der Waals surface area contributed by atoms with E-state index in [1.165, 1.54) is 4.90 Å². The van der Waals surface area contributed by atoms with Gasteiger partial charge in [0, 0.05) is 12.1 Å². The summed E-state index contributed by atoms with van der Waals surface area (Å²) >= 11 is 0. The molecule has 3 aliphatic heterocycles. The Labute approximate surface area is 197 Å². The highest BCUT2D eigenvalue weighted by Crippen LogP contribution is 2.64. The van der Waals surface area contributed by atoms with Crippen LogP contribution in [0.15, 0.2) is 12.7 Å². The van der Waals surface area contributed by atoms with Crippen molar-refractivity contribution in [2.75, 3.05) is 19.8 Å². The Balaban J connectivity index is 2.18. The van der Waals surface area contributed by atoms with Gasteiger partial charge in [-0.2, -0.15) is 0 Å². The van der Waals surface area contributed by atoms with Crippen molar-refractivity contribution in [2.24, 2.45) is 17.8 Å². The molecule has 1 N–H and O–H groups in total. The summed E-state index contributed by atoms with van der Waals surface area (Å²) < 4.78 is 11.9. The Bertz CT molecular complexity index is 820. The van der Waals surface area contributed by atoms with Crippen LogP contribution in [0, 0.1) is 17.8 Å². The second kappa shape index (κ2) is 8.69. The highest BCUT2D eigenvalue weighted by molar-refractivity contribution is 5.99. The van der Waals surface area contributed by atoms with Crippen molar-refractivity contribution in [3.05, 3.63) is 12.7 Å². The molecule has 2 bridgehead atoms. The van der Waals surface area contributed by atoms with E-state index in [0.717, 1.165) is 0 Å². The van der Waals surface area contributed by atoms with Crippen LogP contribution in [0.2, 0.25) is 0 Å². The topological polar surface area (TPSA) is 96.4 Å². The smallest absolute Gasteiger partial charge is 0.312 e. The van der Waals surface area contributed by atoms with Gasteiger partial charge in [0.15, 0.2) is 0 Å². The largest absolute Gasteiger partial charge is 0.466 e. The molecule has 3 rings (SSSR count). The summed E-state index contributed by atoms with van der Waals surface area (Å²) in [7, 11) is 0. The molecular weight excluding hydrogens is 424 g/mol. The maximum Gasteiger partial charge on any atom is 0.312 e. The number of carbonyl (C=O) groups is 3. The predicted molar refractivity (Wildman–Crippen MR) is 123 cm³/mol. The third-order valence-corrected chi connectivity index (χ3v) is 7.69. The Hall–Kier alpha value is -1.93. The molecule has 2 amide bonds. The van der Waals surface area contributed by atoms with E-state index in [4.69, 9.17) is 9.47 Å². The Morgan fingerprint density at radius 1 is 1.36 bits per heavy atom. The van der Waals surface area contributed by atoms with Crippen molar-refractivity contribution in [1.29, 1.82) is 0 Å². The number of fused-ring (bicyclic) bond motifs is 1. The lowest BCUT2D eigenvalue weighted by Gasteiger charge is -2.44. The molecule has 2 unspecified atom stereocenters. The fourth-order valence-corrected chi connectivity index (χ4v) is 6.18. The SMILES string of the molecule is C=CCN(C(=O)C1N([C@@H](CO)C(C)C)C(=O)[C@@H]2[C@@H](C(=O)OCC)[C@@]3(C)CCC12O3)C(C)(C)C. The lowest BCUT2D eigenvalue weighted by molar-refractivity contribution is -0.163. The van der Waals surface area contributed by atoms with E-state index in [-0.39, 0.29) is 30.9 Å². The number of amides is 2. The van der Waals surface area contributed by atoms with E-state index in [1.807, 2.05) is 41.5 Å². The zero-order valence-corrected chi connectivity index (χ0v) is 21.1. The van der Waals surface area contributed by atoms with Crippen LogP contribution in [-0.2, 0) is 23.9 Å². The van der Waals surface area contributed by atoms with Crippen molar-refractivity contribution in [2.45, 2.75) is 90.1 Å². The second-order valence-corrected chi connectivity index (χ2v) is 11.1. The number of carbonyl (C=O) groups excluding carboxylic acids is 3. The van der Waals surface area contributed by atoms with Crippen LogP contribution in [0.3, 0.4) is 0 Å². The number of hydrogen-bond donors (Lipinski definition) is 1. The molecule has 186 valence electrons. The summed E-state index contributed by atoms with van der Waals surface area (Å²) in [6.07, 6.45) is 2.71. The zero-order valence-electron chi connectivity index (χ0n) is 21.1. The quantitative estimate of drug-likeness (QED) is 0.437. The Morgan fingerprint density at radius 2 is 2.00 bits per heavy atom. The first-order valence-corrected chi connectivity index (χ1v) is 12.0. The molecule has 8 nitrogen and oxygen atoms in total. The van der Waals surface area contributed by atoms with Crippen molar-refractivity contribution >= 4 is 17.8 Å². The minimum absolute atomic E-state index is 0.0965. The van der Waals surface area contributed by atoms with Gasteiger partial charge in [-0.15, -0.1) is 6.58 Å². The lowest BCUT2D eigenvalue weighted by atomic mass is 9.66. The van der Waals surface area contributed by atoms with Crippen LogP contribution in [0.1, 0.15) is 61.3 Å². The summed E-state index contributed by atoms with van der Waals surface area (Å²) in [5, 5.41) is 10.2. The molecule has 3 saturated heterocycles. The van der Waals surface area contributed by atoms with Crippen molar-refractivity contribution in [1.82, 2.24) is 9.80 Å². The number of esters is 1. The summed E-state index contributed by atoms with van der Waals surface area (Å²) in [6, 6.07) is -1.51. The van der Waals surface area contributed by atoms with Gasteiger partial charge in [-0.25, -0.2) is 0 Å². The number of aliphatic hydroxyl groups excluding tert-OH is 1. The van der Waals surface area contributed by atoms with Crippen LogP contribution in [0.4, 0.5) is 0 Å². The van der Waals surface area contributed by atoms with E-state index in [0.29, 0.717) is 19.4 Å². The van der Waals surface area contributed by atoms with Gasteiger partial charge in [0.25, 0.3) is 0 Å². The molecule has 33 heavy (non-hydrogen) atoms. The molecule has 0 radical (unpaired) electrons. The monoisotopic (exact) mass is 464 g/mol. The molecule has 6 atom stereocenters. The molecule has 8 heteroatoms. The maximum absolute atomic E-state index is 14.2. The van der Waals surface area contributed by atoms with Gasteiger partial charge in [-0.1, -0.05) is 19.9 Å². The number of nitrogens with zero attached hydrogens (tertiary/aromatic N) is 2. The Morgan fingerprint density at radius 3 is 2.48 bits per heavy atom. The highest BCUT2D eigenvalue weighted by Gasteiger charge is 2.79. The predicted octanol–water partition coefficient (Wildman–Crippen LogP) is 2.14. The van der Waals surface area contributed by atoms with Crippen LogP contribution >= 0.6 is 0 Å². The van der Waals surface area contributed by atoms with Crippen molar-refractivity contribution in [3.63, 3.8) is 0 Å². The Kier molecular flexibility index (Phi) is 6.77. The van der Waals surface area contributed by atoms with E-state index >= 15 is 0 Å². The van der Waals surface area contributed by atoms with Crippen molar-refractivity contribution < 1.29 is 29.0 Å². The van der Waals surface area contributed by atoms with Crippen LogP contribution in [-0.4, -0.2) is 81.3 Å². The van der Waals surface area contributed by atoms with Gasteiger partial charge in [-0.3, -0.25) is 14.4 Å². The number of hydrogen-bond acceptors (Lipinski definition) is 6. The molecule has 1 spiro atoms. The third kappa shape index (κ3) is 3.79. The van der Waals surface area contributed by atoms with Gasteiger partial charge >= 0.3 is 5.97 Å². The molecule has 0 saturated carbocycles. The molecule has 3 heterocycles. The number of likely N-dealkylation sites (tertiary alicyclic amines) is 1. The van der Waals surface area contributed by atoms with Gasteiger partial charge in [0.05, 0.1) is 30.8 Å². The number of rotatable bonds is 8. The summed E-state index contributed by atoms with van der Waals surface area (Å²) in [5.74, 6) is -2.71. The van der Waals surface area contributed by atoms with Gasteiger partial charge < -0.3 is 24.4 Å². The van der Waals surface area contributed by atoms with Crippen LogP contribution in [0.25, 0.3) is 0 Å². The molecule has 3 aliphatic rings. The fourth-order valence-electron chi connectivity index (χ4n) is 6.18. The molecule has 0 aromatic heterocycles. The van der Waals surface area contributed by atoms with E-state index < -0.39 is 46.6 Å². The molecule has 0 aromatic carbocycles. The van der Waals surface area contributed by atoms with E-state index in [9.17, 15) is 19.5 Å². The molecule has 0 aromatic rings. The van der Waals surface area contributed by atoms with Gasteiger partial charge in [0.2, 0.25) is 11.8 Å². The minimum Gasteiger partial charge on any atom is -0.466 e. The summed E-state index contributed by atoms with van der Waals surface area (Å²) in [6.45, 7) is 17.3. The second-order valence-electron chi connectivity index (χ2n) is 11.1. The van der Waals surface area contributed by atoms with E-state index in [2.05, 4.69) is 6.58 Å². The molecular formula is C25H40N2O6. The number of aliphatic hydroxyl groups is 1. The first-order valence-electron chi connectivity index (χ1n) is 12.0. The summed E-state index contributed by atoms with van der Waals surface area (Å²) in [4.78, 5) is 44.5. The fraction of sp³-hybridized carbons (Fsp3) is 0.800. The van der Waals surface area contributed by atoms with Crippen LogP contribution < -0.4 is 0 Å². The molecule has 3 fully saturated rings. The summed E-state index contributed by atoms with van der Waals surface area (Å²) in [5.41, 5.74) is -2.52. The average molecular weight is 465 g/mol. The van der Waals surface area contributed by atoms with Gasteiger partial charge in [0.1, 0.15) is 17.6 Å². The van der Waals surface area contributed by atoms with Crippen molar-refractivity contribution in [3.8, 4) is 0 Å². The zero-order chi connectivity index (χ0) is 24.9. The minimum atomic E-state index is -1.13.